The van der Waals surface area contributed by atoms with Crippen LogP contribution in [0.2, 0.25) is 5.02 Å². The van der Waals surface area contributed by atoms with Crippen LogP contribution in [0.5, 0.6) is 11.5 Å². The molecule has 1 amide bonds. The molecule has 2 N–H and O–H groups in total. The number of benzene rings is 1. The van der Waals surface area contributed by atoms with Crippen LogP contribution in [-0.2, 0) is 16.0 Å². The molecule has 1 aromatic carbocycles. The zero-order chi connectivity index (χ0) is 15.2. The average molecular weight is 314 g/mol. The summed E-state index contributed by atoms with van der Waals surface area (Å²) in [4.78, 5) is 22.1. The van der Waals surface area contributed by atoms with Crippen LogP contribution >= 0.6 is 11.6 Å². The summed E-state index contributed by atoms with van der Waals surface area (Å²) in [5, 5.41) is 11.6. The number of carboxylic acid groups (broad SMARTS) is 1. The van der Waals surface area contributed by atoms with E-state index in [2.05, 4.69) is 5.32 Å². The molecule has 0 spiro atoms. The number of halogens is 1. The molecule has 0 bridgehead atoms. The highest BCUT2D eigenvalue weighted by molar-refractivity contribution is 6.32. The first-order valence-electron chi connectivity index (χ1n) is 6.63. The first-order chi connectivity index (χ1) is 10.1. The van der Waals surface area contributed by atoms with Gasteiger partial charge < -0.3 is 19.9 Å². The Morgan fingerprint density at radius 2 is 2.05 bits per heavy atom. The van der Waals surface area contributed by atoms with Crippen molar-refractivity contribution < 1.29 is 24.2 Å². The molecule has 0 atom stereocenters. The number of hydrogen-bond acceptors (Lipinski definition) is 4. The number of hydrogen-bond donors (Lipinski definition) is 2. The molecule has 0 saturated heterocycles. The first-order valence-corrected chi connectivity index (χ1v) is 7.00. The molecule has 6 nitrogen and oxygen atoms in total. The fourth-order valence-corrected chi connectivity index (χ4v) is 2.27. The molecule has 0 radical (unpaired) electrons. The minimum absolute atomic E-state index is 0.0378. The lowest BCUT2D eigenvalue weighted by molar-refractivity contribution is -0.137. The molecule has 7 heteroatoms. The molecule has 0 unspecified atom stereocenters. The SMILES string of the molecule is O=C(O)CCCNC(=O)Cc1cc(Cl)c2c(c1)OCCO2. The Balaban J connectivity index is 1.89. The maximum atomic E-state index is 11.8. The van der Waals surface area contributed by atoms with Crippen molar-refractivity contribution in [3.8, 4) is 11.5 Å². The van der Waals surface area contributed by atoms with Gasteiger partial charge in [0.2, 0.25) is 5.91 Å². The van der Waals surface area contributed by atoms with E-state index < -0.39 is 5.97 Å². The topological polar surface area (TPSA) is 84.9 Å². The number of amides is 1. The fourth-order valence-electron chi connectivity index (χ4n) is 1.98. The summed E-state index contributed by atoms with van der Waals surface area (Å²) < 4.78 is 10.8. The average Bonchev–Trinajstić information content (AvgIpc) is 2.43. The normalized spacial score (nSPS) is 12.8. The molecule has 0 aromatic heterocycles. The van der Waals surface area contributed by atoms with E-state index in [1.165, 1.54) is 0 Å². The number of carbonyl (C=O) groups is 2. The monoisotopic (exact) mass is 313 g/mol. The van der Waals surface area contributed by atoms with E-state index in [-0.39, 0.29) is 18.7 Å². The maximum absolute atomic E-state index is 11.8. The second kappa shape index (κ2) is 7.17. The summed E-state index contributed by atoms with van der Waals surface area (Å²) in [5.41, 5.74) is 0.722. The third-order valence-electron chi connectivity index (χ3n) is 2.91. The van der Waals surface area contributed by atoms with Crippen LogP contribution in [0.4, 0.5) is 0 Å². The Morgan fingerprint density at radius 3 is 2.81 bits per heavy atom. The van der Waals surface area contributed by atoms with Crippen molar-refractivity contribution in [2.45, 2.75) is 19.3 Å². The second-order valence-corrected chi connectivity index (χ2v) is 5.03. The summed E-state index contributed by atoms with van der Waals surface area (Å²) >= 11 is 6.09. The summed E-state index contributed by atoms with van der Waals surface area (Å²) in [7, 11) is 0. The van der Waals surface area contributed by atoms with Crippen molar-refractivity contribution in [2.24, 2.45) is 0 Å². The van der Waals surface area contributed by atoms with Gasteiger partial charge in [-0.15, -0.1) is 0 Å². The van der Waals surface area contributed by atoms with Crippen molar-refractivity contribution >= 4 is 23.5 Å². The third-order valence-corrected chi connectivity index (χ3v) is 3.19. The van der Waals surface area contributed by atoms with Crippen molar-refractivity contribution in [1.29, 1.82) is 0 Å². The molecule has 21 heavy (non-hydrogen) atoms. The van der Waals surface area contributed by atoms with Crippen LogP contribution in [0.15, 0.2) is 12.1 Å². The molecule has 0 saturated carbocycles. The summed E-state index contributed by atoms with van der Waals surface area (Å²) in [6.45, 7) is 1.24. The number of nitrogens with one attached hydrogen (secondary N) is 1. The lowest BCUT2D eigenvalue weighted by atomic mass is 10.1. The summed E-state index contributed by atoms with van der Waals surface area (Å²) in [6, 6.07) is 3.41. The number of fused-ring (bicyclic) bond motifs is 1. The highest BCUT2D eigenvalue weighted by atomic mass is 35.5. The van der Waals surface area contributed by atoms with Gasteiger partial charge >= 0.3 is 5.97 Å². The van der Waals surface area contributed by atoms with Crippen LogP contribution in [0.1, 0.15) is 18.4 Å². The molecule has 2 rings (SSSR count). The van der Waals surface area contributed by atoms with E-state index in [0.717, 1.165) is 5.56 Å². The van der Waals surface area contributed by atoms with Gasteiger partial charge in [-0.25, -0.2) is 0 Å². The standard InChI is InChI=1S/C14H16ClNO5/c15-10-6-9(7-11-14(10)21-5-4-20-11)8-12(17)16-3-1-2-13(18)19/h6-7H,1-5,8H2,(H,16,17)(H,18,19). The number of carbonyl (C=O) groups excluding carboxylic acids is 1. The Kier molecular flexibility index (Phi) is 5.27. The van der Waals surface area contributed by atoms with Gasteiger partial charge in [-0.05, 0) is 24.1 Å². The van der Waals surface area contributed by atoms with Crippen molar-refractivity contribution in [3.05, 3.63) is 22.7 Å². The number of carboxylic acids is 1. The zero-order valence-corrected chi connectivity index (χ0v) is 12.1. The minimum Gasteiger partial charge on any atom is -0.486 e. The van der Waals surface area contributed by atoms with Gasteiger partial charge in [0.1, 0.15) is 13.2 Å². The van der Waals surface area contributed by atoms with E-state index in [1.807, 2.05) is 0 Å². The van der Waals surface area contributed by atoms with Crippen molar-refractivity contribution in [1.82, 2.24) is 5.32 Å². The lowest BCUT2D eigenvalue weighted by Crippen LogP contribution is -2.26. The van der Waals surface area contributed by atoms with Crippen molar-refractivity contribution in [2.75, 3.05) is 19.8 Å². The van der Waals surface area contributed by atoms with Gasteiger partial charge in [0, 0.05) is 13.0 Å². The Bertz CT molecular complexity index is 546. The van der Waals surface area contributed by atoms with Gasteiger partial charge in [0.25, 0.3) is 0 Å². The fraction of sp³-hybridized carbons (Fsp3) is 0.429. The summed E-state index contributed by atoms with van der Waals surface area (Å²) in [6.07, 6.45) is 0.600. The highest BCUT2D eigenvalue weighted by Crippen LogP contribution is 2.38. The smallest absolute Gasteiger partial charge is 0.303 e. The van der Waals surface area contributed by atoms with Crippen LogP contribution in [0.25, 0.3) is 0 Å². The molecule has 114 valence electrons. The minimum atomic E-state index is -0.872. The molecule has 1 aliphatic heterocycles. The van der Waals surface area contributed by atoms with Crippen LogP contribution in [0.3, 0.4) is 0 Å². The van der Waals surface area contributed by atoms with E-state index in [4.69, 9.17) is 26.2 Å². The van der Waals surface area contributed by atoms with Gasteiger partial charge in [-0.3, -0.25) is 9.59 Å². The first kappa shape index (κ1) is 15.4. The molecule has 1 heterocycles. The molecular formula is C14H16ClNO5. The van der Waals surface area contributed by atoms with Crippen LogP contribution < -0.4 is 14.8 Å². The predicted octanol–water partition coefficient (Wildman–Crippen LogP) is 1.63. The number of aliphatic carboxylic acids is 1. The number of ether oxygens (including phenoxy) is 2. The van der Waals surface area contributed by atoms with Crippen LogP contribution in [-0.4, -0.2) is 36.7 Å². The van der Waals surface area contributed by atoms with E-state index in [9.17, 15) is 9.59 Å². The maximum Gasteiger partial charge on any atom is 0.303 e. The number of rotatable bonds is 6. The molecule has 1 aliphatic rings. The van der Waals surface area contributed by atoms with E-state index in [0.29, 0.717) is 42.7 Å². The van der Waals surface area contributed by atoms with Crippen LogP contribution in [0, 0.1) is 0 Å². The third kappa shape index (κ3) is 4.53. The van der Waals surface area contributed by atoms with Gasteiger partial charge in [-0.2, -0.15) is 0 Å². The Morgan fingerprint density at radius 1 is 1.29 bits per heavy atom. The van der Waals surface area contributed by atoms with Gasteiger partial charge in [-0.1, -0.05) is 11.6 Å². The van der Waals surface area contributed by atoms with E-state index in [1.54, 1.807) is 12.1 Å². The van der Waals surface area contributed by atoms with Crippen molar-refractivity contribution in [3.63, 3.8) is 0 Å². The summed E-state index contributed by atoms with van der Waals surface area (Å²) in [5.74, 6) is -0.00744. The largest absolute Gasteiger partial charge is 0.486 e. The zero-order valence-electron chi connectivity index (χ0n) is 11.4. The molecule has 0 fully saturated rings. The quantitative estimate of drug-likeness (QED) is 0.780. The van der Waals surface area contributed by atoms with Gasteiger partial charge in [0.15, 0.2) is 11.5 Å². The van der Waals surface area contributed by atoms with E-state index >= 15 is 0 Å². The lowest BCUT2D eigenvalue weighted by Gasteiger charge is -2.20. The molecule has 1 aromatic rings. The Hall–Kier alpha value is -1.95. The predicted molar refractivity (Wildman–Crippen MR) is 76.0 cm³/mol. The second-order valence-electron chi connectivity index (χ2n) is 4.63. The van der Waals surface area contributed by atoms with Gasteiger partial charge in [0.05, 0.1) is 11.4 Å². The molecule has 0 aliphatic carbocycles. The highest BCUT2D eigenvalue weighted by Gasteiger charge is 2.17. The molecular weight excluding hydrogens is 298 g/mol. The Labute approximate surface area is 127 Å².